The zero-order valence-corrected chi connectivity index (χ0v) is 14.7. The third-order valence-electron chi connectivity index (χ3n) is 3.23. The zero-order chi connectivity index (χ0) is 17.2. The molecule has 3 rings (SSSR count). The molecule has 2 heterocycles. The van der Waals surface area contributed by atoms with E-state index in [1.807, 2.05) is 30.3 Å². The van der Waals surface area contributed by atoms with Gasteiger partial charge in [-0.2, -0.15) is 14.8 Å². The van der Waals surface area contributed by atoms with Gasteiger partial charge < -0.3 is 0 Å². The number of carbonyl (C=O) groups is 1. The van der Waals surface area contributed by atoms with Gasteiger partial charge in [-0.15, -0.1) is 11.3 Å². The molecule has 0 unspecified atom stereocenters. The molecule has 0 saturated carbocycles. The number of rotatable bonds is 4. The van der Waals surface area contributed by atoms with E-state index < -0.39 is 0 Å². The minimum Gasteiger partial charge on any atom is -0.290 e. The first-order valence-corrected chi connectivity index (χ1v) is 8.45. The van der Waals surface area contributed by atoms with Gasteiger partial charge in [0.2, 0.25) is 5.95 Å². The fourth-order valence-electron chi connectivity index (χ4n) is 2.20. The average molecular weight is 341 g/mol. The summed E-state index contributed by atoms with van der Waals surface area (Å²) in [6.07, 6.45) is 3.87. The van der Waals surface area contributed by atoms with Crippen molar-refractivity contribution in [2.45, 2.75) is 27.2 Å². The number of thiazole rings is 1. The molecule has 2 aromatic heterocycles. The first-order chi connectivity index (χ1) is 11.4. The number of anilines is 1. The van der Waals surface area contributed by atoms with E-state index in [0.29, 0.717) is 10.8 Å². The number of para-hydroxylation sites is 1. The summed E-state index contributed by atoms with van der Waals surface area (Å²) < 4.78 is 1.59. The number of carbonyl (C=O) groups excluding carboxylic acids is 1. The molecule has 0 fully saturated rings. The van der Waals surface area contributed by atoms with Crippen LogP contribution in [0.5, 0.6) is 0 Å². The highest BCUT2D eigenvalue weighted by atomic mass is 32.1. The minimum atomic E-state index is -0.224. The topological polar surface area (TPSA) is 72.7 Å². The summed E-state index contributed by atoms with van der Waals surface area (Å²) in [4.78, 5) is 21.5. The van der Waals surface area contributed by atoms with Crippen LogP contribution >= 0.6 is 11.3 Å². The first-order valence-electron chi connectivity index (χ1n) is 7.64. The molecule has 124 valence electrons. The van der Waals surface area contributed by atoms with Crippen LogP contribution < -0.4 is 5.32 Å². The van der Waals surface area contributed by atoms with Crippen LogP contribution in [0.4, 0.5) is 5.95 Å². The Morgan fingerprint density at radius 2 is 1.96 bits per heavy atom. The van der Waals surface area contributed by atoms with Gasteiger partial charge in [0.1, 0.15) is 11.2 Å². The van der Waals surface area contributed by atoms with Gasteiger partial charge >= 0.3 is 0 Å². The largest absolute Gasteiger partial charge is 0.290 e. The molecule has 1 N–H and O–H groups in total. The van der Waals surface area contributed by atoms with Gasteiger partial charge in [-0.05, 0) is 17.5 Å². The van der Waals surface area contributed by atoms with Crippen molar-refractivity contribution in [3.05, 3.63) is 52.7 Å². The van der Waals surface area contributed by atoms with E-state index in [4.69, 9.17) is 0 Å². The van der Waals surface area contributed by atoms with Gasteiger partial charge in [0, 0.05) is 6.42 Å². The lowest BCUT2D eigenvalue weighted by atomic mass is 9.93. The van der Waals surface area contributed by atoms with E-state index in [2.05, 4.69) is 41.2 Å². The smallest absolute Gasteiger partial charge is 0.269 e. The van der Waals surface area contributed by atoms with Crippen LogP contribution in [0.15, 0.2) is 42.9 Å². The maximum absolute atomic E-state index is 12.5. The van der Waals surface area contributed by atoms with Gasteiger partial charge in [-0.1, -0.05) is 39.0 Å². The van der Waals surface area contributed by atoms with Crippen LogP contribution in [-0.4, -0.2) is 25.7 Å². The number of hydrogen-bond acceptors (Lipinski definition) is 5. The summed E-state index contributed by atoms with van der Waals surface area (Å²) in [6.45, 7) is 6.45. The van der Waals surface area contributed by atoms with E-state index in [-0.39, 0.29) is 11.3 Å². The van der Waals surface area contributed by atoms with Gasteiger partial charge in [0.05, 0.1) is 16.9 Å². The molecule has 1 amide bonds. The first kappa shape index (κ1) is 16.3. The Bertz CT molecular complexity index is 832. The van der Waals surface area contributed by atoms with Crippen molar-refractivity contribution in [2.75, 3.05) is 5.32 Å². The Kier molecular flexibility index (Phi) is 4.44. The predicted molar refractivity (Wildman–Crippen MR) is 94.6 cm³/mol. The van der Waals surface area contributed by atoms with Gasteiger partial charge in [-0.25, -0.2) is 4.98 Å². The molecule has 0 bridgehead atoms. The van der Waals surface area contributed by atoms with E-state index in [9.17, 15) is 4.79 Å². The van der Waals surface area contributed by atoms with Gasteiger partial charge in [-0.3, -0.25) is 10.1 Å². The average Bonchev–Trinajstić information content (AvgIpc) is 3.16. The number of nitrogens with zero attached hydrogens (tertiary/aromatic N) is 4. The number of benzene rings is 1. The standard InChI is InChI=1S/C17H19N5OS/c1-17(2,3)9-14-18-10-13(24-14)15(23)21-16-19-11-20-22(16)12-7-5-4-6-8-12/h4-8,10-11H,9H2,1-3H3,(H,19,20,21,23). The Balaban J connectivity index is 1.76. The van der Waals surface area contributed by atoms with E-state index in [1.165, 1.54) is 17.7 Å². The van der Waals surface area contributed by atoms with Crippen LogP contribution in [0.25, 0.3) is 5.69 Å². The quantitative estimate of drug-likeness (QED) is 0.787. The Labute approximate surface area is 144 Å². The molecule has 24 heavy (non-hydrogen) atoms. The predicted octanol–water partition coefficient (Wildman–Crippen LogP) is 3.56. The molecule has 0 atom stereocenters. The van der Waals surface area contributed by atoms with Crippen LogP contribution in [0.2, 0.25) is 0 Å². The molecular weight excluding hydrogens is 322 g/mol. The van der Waals surface area contributed by atoms with Crippen molar-refractivity contribution in [1.29, 1.82) is 0 Å². The highest BCUT2D eigenvalue weighted by Crippen LogP contribution is 2.24. The molecule has 6 nitrogen and oxygen atoms in total. The summed E-state index contributed by atoms with van der Waals surface area (Å²) in [5.41, 5.74) is 0.974. The Morgan fingerprint density at radius 1 is 1.21 bits per heavy atom. The highest BCUT2D eigenvalue weighted by molar-refractivity contribution is 7.13. The second kappa shape index (κ2) is 6.52. The molecule has 0 radical (unpaired) electrons. The van der Waals surface area contributed by atoms with Crippen molar-refractivity contribution < 1.29 is 4.79 Å². The van der Waals surface area contributed by atoms with Crippen molar-refractivity contribution in [2.24, 2.45) is 5.41 Å². The van der Waals surface area contributed by atoms with Crippen molar-refractivity contribution in [1.82, 2.24) is 19.7 Å². The second-order valence-corrected chi connectivity index (χ2v) is 7.76. The summed E-state index contributed by atoms with van der Waals surface area (Å²) in [5, 5.41) is 7.92. The number of nitrogens with one attached hydrogen (secondary N) is 1. The van der Waals surface area contributed by atoms with Crippen LogP contribution in [0.1, 0.15) is 35.5 Å². The lowest BCUT2D eigenvalue weighted by Gasteiger charge is -2.15. The van der Waals surface area contributed by atoms with Crippen molar-refractivity contribution in [3.63, 3.8) is 0 Å². The molecule has 0 aliphatic rings. The lowest BCUT2D eigenvalue weighted by molar-refractivity contribution is 0.102. The molecule has 0 saturated heterocycles. The number of aromatic nitrogens is 4. The lowest BCUT2D eigenvalue weighted by Crippen LogP contribution is -2.14. The van der Waals surface area contributed by atoms with Crippen LogP contribution in [0, 0.1) is 5.41 Å². The van der Waals surface area contributed by atoms with E-state index in [0.717, 1.165) is 17.1 Å². The third kappa shape index (κ3) is 3.86. The normalized spacial score (nSPS) is 11.5. The summed E-state index contributed by atoms with van der Waals surface area (Å²) >= 11 is 1.41. The Hall–Kier alpha value is -2.54. The highest BCUT2D eigenvalue weighted by Gasteiger charge is 2.18. The Morgan fingerprint density at radius 3 is 2.67 bits per heavy atom. The van der Waals surface area contributed by atoms with Gasteiger partial charge in [0.15, 0.2) is 0 Å². The SMILES string of the molecule is CC(C)(C)Cc1ncc(C(=O)Nc2ncnn2-c2ccccc2)s1. The fourth-order valence-corrected chi connectivity index (χ4v) is 3.31. The van der Waals surface area contributed by atoms with E-state index in [1.54, 1.807) is 10.9 Å². The molecule has 3 aromatic rings. The fraction of sp³-hybridized carbons (Fsp3) is 0.294. The second-order valence-electron chi connectivity index (χ2n) is 6.64. The molecule has 0 spiro atoms. The van der Waals surface area contributed by atoms with Crippen LogP contribution in [0.3, 0.4) is 0 Å². The summed E-state index contributed by atoms with van der Waals surface area (Å²) in [6, 6.07) is 9.54. The van der Waals surface area contributed by atoms with Crippen LogP contribution in [-0.2, 0) is 6.42 Å². The summed E-state index contributed by atoms with van der Waals surface area (Å²) in [5.74, 6) is 0.162. The molecule has 0 aliphatic carbocycles. The van der Waals surface area contributed by atoms with E-state index >= 15 is 0 Å². The number of hydrogen-bond donors (Lipinski definition) is 1. The molecule has 0 aliphatic heterocycles. The van der Waals surface area contributed by atoms with Crippen molar-refractivity contribution in [3.8, 4) is 5.69 Å². The maximum atomic E-state index is 12.5. The molecular formula is C17H19N5OS. The molecule has 7 heteroatoms. The summed E-state index contributed by atoms with van der Waals surface area (Å²) in [7, 11) is 0. The van der Waals surface area contributed by atoms with Gasteiger partial charge in [0.25, 0.3) is 5.91 Å². The van der Waals surface area contributed by atoms with Crippen molar-refractivity contribution >= 4 is 23.2 Å². The monoisotopic (exact) mass is 341 g/mol. The molecule has 1 aromatic carbocycles. The number of amides is 1. The third-order valence-corrected chi connectivity index (χ3v) is 4.23. The minimum absolute atomic E-state index is 0.138. The maximum Gasteiger partial charge on any atom is 0.269 e. The zero-order valence-electron chi connectivity index (χ0n) is 13.9.